The summed E-state index contributed by atoms with van der Waals surface area (Å²) in [4.78, 5) is 7.03. The molecule has 1 aromatic rings. The van der Waals surface area contributed by atoms with Crippen molar-refractivity contribution in [3.05, 3.63) is 34.1 Å². The molecule has 0 amide bonds. The van der Waals surface area contributed by atoms with E-state index in [9.17, 15) is 4.39 Å². The third-order valence-corrected chi connectivity index (χ3v) is 5.48. The minimum Gasteiger partial charge on any atom is -0.375 e. The van der Waals surface area contributed by atoms with E-state index in [1.807, 2.05) is 12.1 Å². The van der Waals surface area contributed by atoms with Crippen LogP contribution in [-0.4, -0.2) is 62.5 Å². The lowest BCUT2D eigenvalue weighted by Crippen LogP contribution is -2.53. The van der Waals surface area contributed by atoms with Crippen molar-refractivity contribution in [2.75, 3.05) is 39.4 Å². The summed E-state index contributed by atoms with van der Waals surface area (Å²) in [6.07, 6.45) is 4.00. The van der Waals surface area contributed by atoms with Crippen LogP contribution in [0.5, 0.6) is 0 Å². The fourth-order valence-corrected chi connectivity index (χ4v) is 3.93. The monoisotopic (exact) mass is 441 g/mol. The van der Waals surface area contributed by atoms with E-state index < -0.39 is 0 Å². The van der Waals surface area contributed by atoms with E-state index >= 15 is 0 Å². The standard InChI is InChI=1S/C20H29BrFN3O2/c1-2-23-20(24-9-3-5-15-7-8-16(21)13-17(15)22)25-10-12-27-19(14-25)18-6-4-11-26-18/h7-8,13,18-19H,2-6,9-12,14H2,1H3,(H,23,24). The maximum absolute atomic E-state index is 13.9. The first-order chi connectivity index (χ1) is 13.2. The van der Waals surface area contributed by atoms with Crippen molar-refractivity contribution in [1.29, 1.82) is 0 Å². The molecule has 1 N–H and O–H groups in total. The van der Waals surface area contributed by atoms with Crippen LogP contribution in [-0.2, 0) is 15.9 Å². The smallest absolute Gasteiger partial charge is 0.194 e. The molecule has 7 heteroatoms. The third-order valence-electron chi connectivity index (χ3n) is 4.99. The Morgan fingerprint density at radius 2 is 2.19 bits per heavy atom. The summed E-state index contributed by atoms with van der Waals surface area (Å²) < 4.78 is 26.4. The number of hydrogen-bond acceptors (Lipinski definition) is 3. The average Bonchev–Trinajstić information content (AvgIpc) is 3.20. The Balaban J connectivity index is 1.53. The molecule has 2 saturated heterocycles. The number of aryl methyl sites for hydroxylation is 1. The molecule has 0 aromatic heterocycles. The van der Waals surface area contributed by atoms with Gasteiger partial charge in [-0.1, -0.05) is 22.0 Å². The lowest BCUT2D eigenvalue weighted by atomic mass is 10.1. The van der Waals surface area contributed by atoms with Gasteiger partial charge < -0.3 is 19.7 Å². The van der Waals surface area contributed by atoms with Gasteiger partial charge in [-0.25, -0.2) is 4.39 Å². The van der Waals surface area contributed by atoms with Gasteiger partial charge in [0.05, 0.1) is 12.7 Å². The van der Waals surface area contributed by atoms with Crippen molar-refractivity contribution in [2.24, 2.45) is 4.99 Å². The van der Waals surface area contributed by atoms with E-state index in [4.69, 9.17) is 14.5 Å². The van der Waals surface area contributed by atoms with Crippen molar-refractivity contribution in [2.45, 2.75) is 44.8 Å². The summed E-state index contributed by atoms with van der Waals surface area (Å²) in [5.41, 5.74) is 0.739. The minimum absolute atomic E-state index is 0.113. The van der Waals surface area contributed by atoms with Crippen LogP contribution >= 0.6 is 15.9 Å². The van der Waals surface area contributed by atoms with Gasteiger partial charge in [-0.15, -0.1) is 0 Å². The van der Waals surface area contributed by atoms with Crippen molar-refractivity contribution in [3.8, 4) is 0 Å². The maximum atomic E-state index is 13.9. The number of guanidine groups is 1. The van der Waals surface area contributed by atoms with Crippen LogP contribution in [0.3, 0.4) is 0 Å². The predicted octanol–water partition coefficient (Wildman–Crippen LogP) is 3.37. The summed E-state index contributed by atoms with van der Waals surface area (Å²) >= 11 is 3.29. The van der Waals surface area contributed by atoms with E-state index in [1.54, 1.807) is 0 Å². The molecule has 0 bridgehead atoms. The zero-order valence-corrected chi connectivity index (χ0v) is 17.5. The molecule has 27 heavy (non-hydrogen) atoms. The number of morpholine rings is 1. The molecule has 2 unspecified atom stereocenters. The van der Waals surface area contributed by atoms with E-state index in [2.05, 4.69) is 33.1 Å². The highest BCUT2D eigenvalue weighted by Crippen LogP contribution is 2.21. The van der Waals surface area contributed by atoms with Gasteiger partial charge in [-0.3, -0.25) is 4.99 Å². The third kappa shape index (κ3) is 5.90. The van der Waals surface area contributed by atoms with E-state index in [0.717, 1.165) is 61.5 Å². The van der Waals surface area contributed by atoms with Crippen LogP contribution in [0.4, 0.5) is 4.39 Å². The number of nitrogens with one attached hydrogen (secondary N) is 1. The quantitative estimate of drug-likeness (QED) is 0.417. The van der Waals surface area contributed by atoms with E-state index in [0.29, 0.717) is 19.6 Å². The highest BCUT2D eigenvalue weighted by atomic mass is 79.9. The molecule has 2 fully saturated rings. The van der Waals surface area contributed by atoms with Crippen LogP contribution < -0.4 is 5.32 Å². The van der Waals surface area contributed by atoms with Gasteiger partial charge in [-0.05, 0) is 50.3 Å². The Morgan fingerprint density at radius 1 is 1.33 bits per heavy atom. The Labute approximate surface area is 169 Å². The van der Waals surface area contributed by atoms with E-state index in [1.165, 1.54) is 6.07 Å². The average molecular weight is 442 g/mol. The fraction of sp³-hybridized carbons (Fsp3) is 0.650. The van der Waals surface area contributed by atoms with Crippen molar-refractivity contribution in [3.63, 3.8) is 0 Å². The Morgan fingerprint density at radius 3 is 2.93 bits per heavy atom. The summed E-state index contributed by atoms with van der Waals surface area (Å²) in [5, 5.41) is 3.38. The normalized spacial score (nSPS) is 23.7. The highest BCUT2D eigenvalue weighted by molar-refractivity contribution is 9.10. The van der Waals surface area contributed by atoms with Gasteiger partial charge in [0.1, 0.15) is 11.9 Å². The maximum Gasteiger partial charge on any atom is 0.194 e. The van der Waals surface area contributed by atoms with Gasteiger partial charge in [0.2, 0.25) is 0 Å². The number of ether oxygens (including phenoxy) is 2. The minimum atomic E-state index is -0.159. The molecular formula is C20H29BrFN3O2. The van der Waals surface area contributed by atoms with Gasteiger partial charge in [-0.2, -0.15) is 0 Å². The van der Waals surface area contributed by atoms with Crippen LogP contribution in [0.1, 0.15) is 31.7 Å². The second kappa shape index (κ2) is 10.4. The SMILES string of the molecule is CCNC(=NCCCc1ccc(Br)cc1F)N1CCOC(C2CCCO2)C1. The molecule has 3 rings (SSSR count). The highest BCUT2D eigenvalue weighted by Gasteiger charge is 2.32. The van der Waals surface area contributed by atoms with Crippen LogP contribution in [0.2, 0.25) is 0 Å². The molecule has 0 spiro atoms. The van der Waals surface area contributed by atoms with E-state index in [-0.39, 0.29) is 18.0 Å². The Bertz CT molecular complexity index is 638. The van der Waals surface area contributed by atoms with Crippen molar-refractivity contribution in [1.82, 2.24) is 10.2 Å². The molecule has 2 aliphatic rings. The first-order valence-electron chi connectivity index (χ1n) is 9.87. The molecular weight excluding hydrogens is 413 g/mol. The summed E-state index contributed by atoms with van der Waals surface area (Å²) in [7, 11) is 0. The number of benzene rings is 1. The number of rotatable bonds is 6. The lowest BCUT2D eigenvalue weighted by Gasteiger charge is -2.37. The Hall–Kier alpha value is -1.18. The van der Waals surface area contributed by atoms with Crippen molar-refractivity contribution < 1.29 is 13.9 Å². The second-order valence-corrected chi connectivity index (χ2v) is 7.90. The Kier molecular flexibility index (Phi) is 7.91. The number of halogens is 2. The topological polar surface area (TPSA) is 46.1 Å². The summed E-state index contributed by atoms with van der Waals surface area (Å²) in [6.45, 7) is 6.73. The lowest BCUT2D eigenvalue weighted by molar-refractivity contribution is -0.0817. The molecule has 0 radical (unpaired) electrons. The zero-order chi connectivity index (χ0) is 19.1. The number of nitrogens with zero attached hydrogens (tertiary/aromatic N) is 2. The zero-order valence-electron chi connectivity index (χ0n) is 15.9. The molecule has 2 heterocycles. The fourth-order valence-electron chi connectivity index (χ4n) is 3.59. The number of hydrogen-bond donors (Lipinski definition) is 1. The van der Waals surface area contributed by atoms with Gasteiger partial charge >= 0.3 is 0 Å². The summed E-state index contributed by atoms with van der Waals surface area (Å²) in [5.74, 6) is 0.757. The van der Waals surface area contributed by atoms with Gasteiger partial charge in [0, 0.05) is 37.3 Å². The molecule has 2 atom stereocenters. The van der Waals surface area contributed by atoms with Crippen molar-refractivity contribution >= 4 is 21.9 Å². The van der Waals surface area contributed by atoms with Crippen LogP contribution in [0.25, 0.3) is 0 Å². The first-order valence-corrected chi connectivity index (χ1v) is 10.7. The molecule has 1 aromatic carbocycles. The summed E-state index contributed by atoms with van der Waals surface area (Å²) in [6, 6.07) is 5.23. The molecule has 2 aliphatic heterocycles. The predicted molar refractivity (Wildman–Crippen MR) is 109 cm³/mol. The number of aliphatic imine (C=N–C) groups is 1. The molecule has 5 nitrogen and oxygen atoms in total. The molecule has 0 aliphatic carbocycles. The first kappa shape index (κ1) is 20.6. The van der Waals surface area contributed by atoms with Crippen LogP contribution in [0.15, 0.2) is 27.7 Å². The van der Waals surface area contributed by atoms with Gasteiger partial charge in [0.15, 0.2) is 5.96 Å². The van der Waals surface area contributed by atoms with Gasteiger partial charge in [0.25, 0.3) is 0 Å². The second-order valence-electron chi connectivity index (χ2n) is 6.98. The molecule has 0 saturated carbocycles. The van der Waals surface area contributed by atoms with Crippen LogP contribution in [0, 0.1) is 5.82 Å². The largest absolute Gasteiger partial charge is 0.375 e. The molecule has 150 valence electrons.